The van der Waals surface area contributed by atoms with Crippen LogP contribution in [0.1, 0.15) is 39.5 Å². The van der Waals surface area contributed by atoms with Gasteiger partial charge in [0.05, 0.1) is 6.61 Å². The first-order valence-electron chi connectivity index (χ1n) is 7.25. The molecule has 0 aromatic carbocycles. The van der Waals surface area contributed by atoms with E-state index < -0.39 is 0 Å². The van der Waals surface area contributed by atoms with Gasteiger partial charge in [0.2, 0.25) is 0 Å². The molecule has 0 aliphatic carbocycles. The second kappa shape index (κ2) is 8.48. The molecule has 1 N–H and O–H groups in total. The number of carbonyl (C=O) groups is 1. The standard InChI is InChI=1S/C14H28N2O2/c1-4-13(14(17)18-5-2)15-9-6-12-7-10-16(3)11-8-12/h12-13,15H,4-11H2,1-3H3. The summed E-state index contributed by atoms with van der Waals surface area (Å²) in [4.78, 5) is 14.0. The number of nitrogens with zero attached hydrogens (tertiary/aromatic N) is 1. The molecule has 0 aromatic heterocycles. The van der Waals surface area contributed by atoms with Crippen LogP contribution >= 0.6 is 0 Å². The Bertz CT molecular complexity index is 238. The molecule has 106 valence electrons. The molecule has 1 unspecified atom stereocenters. The molecular formula is C14H28N2O2. The molecule has 4 heteroatoms. The van der Waals surface area contributed by atoms with Crippen molar-refractivity contribution in [2.45, 2.75) is 45.6 Å². The SMILES string of the molecule is CCOC(=O)C(CC)NCCC1CCN(C)CC1. The summed E-state index contributed by atoms with van der Waals surface area (Å²) in [6.45, 7) is 7.67. The normalized spacial score (nSPS) is 19.7. The summed E-state index contributed by atoms with van der Waals surface area (Å²) >= 11 is 0. The van der Waals surface area contributed by atoms with Gasteiger partial charge in [-0.25, -0.2) is 0 Å². The van der Waals surface area contributed by atoms with E-state index >= 15 is 0 Å². The number of rotatable bonds is 7. The number of ether oxygens (including phenoxy) is 1. The molecule has 1 saturated heterocycles. The summed E-state index contributed by atoms with van der Waals surface area (Å²) < 4.78 is 5.04. The Morgan fingerprint density at radius 3 is 2.61 bits per heavy atom. The first-order valence-corrected chi connectivity index (χ1v) is 7.25. The van der Waals surface area contributed by atoms with Gasteiger partial charge in [0.15, 0.2) is 0 Å². The lowest BCUT2D eigenvalue weighted by Gasteiger charge is -2.29. The zero-order valence-electron chi connectivity index (χ0n) is 12.1. The fourth-order valence-electron chi connectivity index (χ4n) is 2.45. The Hall–Kier alpha value is -0.610. The van der Waals surface area contributed by atoms with Crippen LogP contribution in [0, 0.1) is 5.92 Å². The molecule has 1 aliphatic rings. The van der Waals surface area contributed by atoms with Crippen LogP contribution in [-0.2, 0) is 9.53 Å². The number of carbonyl (C=O) groups excluding carboxylic acids is 1. The topological polar surface area (TPSA) is 41.6 Å². The van der Waals surface area contributed by atoms with Crippen LogP contribution in [-0.4, -0.2) is 50.2 Å². The molecule has 0 aromatic rings. The fourth-order valence-corrected chi connectivity index (χ4v) is 2.45. The Morgan fingerprint density at radius 1 is 1.39 bits per heavy atom. The Kier molecular flexibility index (Phi) is 7.28. The molecule has 0 radical (unpaired) electrons. The fraction of sp³-hybridized carbons (Fsp3) is 0.929. The maximum atomic E-state index is 11.6. The summed E-state index contributed by atoms with van der Waals surface area (Å²) in [7, 11) is 2.18. The third-order valence-corrected chi connectivity index (χ3v) is 3.76. The third kappa shape index (κ3) is 5.36. The third-order valence-electron chi connectivity index (χ3n) is 3.76. The van der Waals surface area contributed by atoms with Crippen LogP contribution in [0.3, 0.4) is 0 Å². The molecular weight excluding hydrogens is 228 g/mol. The largest absolute Gasteiger partial charge is 0.465 e. The Morgan fingerprint density at radius 2 is 2.06 bits per heavy atom. The van der Waals surface area contributed by atoms with Crippen LogP contribution in [0.2, 0.25) is 0 Å². The van der Waals surface area contributed by atoms with Crippen molar-refractivity contribution in [3.63, 3.8) is 0 Å². The maximum absolute atomic E-state index is 11.6. The first-order chi connectivity index (χ1) is 8.67. The van der Waals surface area contributed by atoms with Crippen molar-refractivity contribution in [1.82, 2.24) is 10.2 Å². The van der Waals surface area contributed by atoms with Gasteiger partial charge >= 0.3 is 5.97 Å². The van der Waals surface area contributed by atoms with E-state index in [2.05, 4.69) is 17.3 Å². The zero-order valence-corrected chi connectivity index (χ0v) is 12.1. The number of likely N-dealkylation sites (tertiary alicyclic amines) is 1. The highest BCUT2D eigenvalue weighted by Gasteiger charge is 2.19. The predicted molar refractivity (Wildman–Crippen MR) is 73.6 cm³/mol. The van der Waals surface area contributed by atoms with E-state index in [1.807, 2.05) is 13.8 Å². The molecule has 1 fully saturated rings. The van der Waals surface area contributed by atoms with Crippen molar-refractivity contribution in [1.29, 1.82) is 0 Å². The number of esters is 1. The Balaban J connectivity index is 2.17. The van der Waals surface area contributed by atoms with Crippen molar-refractivity contribution in [3.05, 3.63) is 0 Å². The van der Waals surface area contributed by atoms with E-state index in [0.717, 1.165) is 18.9 Å². The lowest BCUT2D eigenvalue weighted by atomic mass is 9.94. The van der Waals surface area contributed by atoms with E-state index in [9.17, 15) is 4.79 Å². The summed E-state index contributed by atoms with van der Waals surface area (Å²) in [5, 5.41) is 3.32. The molecule has 1 aliphatic heterocycles. The minimum absolute atomic E-state index is 0.108. The van der Waals surface area contributed by atoms with Gasteiger partial charge in [-0.2, -0.15) is 0 Å². The average molecular weight is 256 g/mol. The van der Waals surface area contributed by atoms with Gasteiger partial charge in [0, 0.05) is 0 Å². The quantitative estimate of drug-likeness (QED) is 0.703. The van der Waals surface area contributed by atoms with Gasteiger partial charge in [-0.1, -0.05) is 6.92 Å². The Labute approximate surface area is 111 Å². The van der Waals surface area contributed by atoms with E-state index in [1.54, 1.807) is 0 Å². The number of hydrogen-bond acceptors (Lipinski definition) is 4. The van der Waals surface area contributed by atoms with E-state index in [0.29, 0.717) is 6.61 Å². The van der Waals surface area contributed by atoms with Crippen LogP contribution in [0.25, 0.3) is 0 Å². The second-order valence-corrected chi connectivity index (χ2v) is 5.20. The second-order valence-electron chi connectivity index (χ2n) is 5.20. The van der Waals surface area contributed by atoms with Crippen molar-refractivity contribution < 1.29 is 9.53 Å². The maximum Gasteiger partial charge on any atom is 0.323 e. The molecule has 0 amide bonds. The molecule has 4 nitrogen and oxygen atoms in total. The summed E-state index contributed by atoms with van der Waals surface area (Å²) in [6.07, 6.45) is 4.54. The highest BCUT2D eigenvalue weighted by molar-refractivity contribution is 5.75. The molecule has 1 atom stereocenters. The van der Waals surface area contributed by atoms with Crippen molar-refractivity contribution in [2.75, 3.05) is 33.3 Å². The average Bonchev–Trinajstić information content (AvgIpc) is 2.37. The first kappa shape index (κ1) is 15.4. The van der Waals surface area contributed by atoms with Gasteiger partial charge < -0.3 is 15.0 Å². The lowest BCUT2D eigenvalue weighted by Crippen LogP contribution is -2.39. The van der Waals surface area contributed by atoms with Crippen molar-refractivity contribution >= 4 is 5.97 Å². The van der Waals surface area contributed by atoms with Crippen molar-refractivity contribution in [2.24, 2.45) is 5.92 Å². The van der Waals surface area contributed by atoms with Gasteiger partial charge in [0.1, 0.15) is 6.04 Å². The van der Waals surface area contributed by atoms with E-state index in [4.69, 9.17) is 4.74 Å². The molecule has 0 spiro atoms. The smallest absolute Gasteiger partial charge is 0.323 e. The van der Waals surface area contributed by atoms with Gasteiger partial charge in [-0.15, -0.1) is 0 Å². The monoisotopic (exact) mass is 256 g/mol. The van der Waals surface area contributed by atoms with Crippen LogP contribution in [0.5, 0.6) is 0 Å². The summed E-state index contributed by atoms with van der Waals surface area (Å²) in [5.41, 5.74) is 0. The minimum atomic E-state index is -0.129. The number of nitrogens with one attached hydrogen (secondary N) is 1. The molecule has 18 heavy (non-hydrogen) atoms. The molecule has 1 heterocycles. The van der Waals surface area contributed by atoms with Crippen LogP contribution in [0.15, 0.2) is 0 Å². The summed E-state index contributed by atoms with van der Waals surface area (Å²) in [5.74, 6) is 0.705. The molecule has 0 saturated carbocycles. The highest BCUT2D eigenvalue weighted by atomic mass is 16.5. The van der Waals surface area contributed by atoms with Crippen molar-refractivity contribution in [3.8, 4) is 0 Å². The van der Waals surface area contributed by atoms with Gasteiger partial charge in [-0.3, -0.25) is 4.79 Å². The lowest BCUT2D eigenvalue weighted by molar-refractivity contribution is -0.145. The highest BCUT2D eigenvalue weighted by Crippen LogP contribution is 2.18. The van der Waals surface area contributed by atoms with E-state index in [-0.39, 0.29) is 12.0 Å². The summed E-state index contributed by atoms with van der Waals surface area (Å²) in [6, 6.07) is -0.129. The number of hydrogen-bond donors (Lipinski definition) is 1. The van der Waals surface area contributed by atoms with Gasteiger partial charge in [-0.05, 0) is 65.2 Å². The molecule has 0 bridgehead atoms. The minimum Gasteiger partial charge on any atom is -0.465 e. The van der Waals surface area contributed by atoms with Crippen LogP contribution < -0.4 is 5.32 Å². The zero-order chi connectivity index (χ0) is 13.4. The molecule has 1 rings (SSSR count). The van der Waals surface area contributed by atoms with E-state index in [1.165, 1.54) is 32.4 Å². The van der Waals surface area contributed by atoms with Crippen LogP contribution in [0.4, 0.5) is 0 Å². The predicted octanol–water partition coefficient (Wildman–Crippen LogP) is 1.65. The van der Waals surface area contributed by atoms with Gasteiger partial charge in [0.25, 0.3) is 0 Å². The number of piperidine rings is 1.